The Labute approximate surface area is 175 Å². The zero-order valence-corrected chi connectivity index (χ0v) is 17.1. The van der Waals surface area contributed by atoms with Crippen LogP contribution >= 0.6 is 0 Å². The summed E-state index contributed by atoms with van der Waals surface area (Å²) < 4.78 is 23.9. The number of methoxy groups -OCH3 is 1. The van der Waals surface area contributed by atoms with Crippen molar-refractivity contribution in [2.45, 2.75) is 6.92 Å². The molecule has 3 rings (SSSR count). The largest absolute Gasteiger partial charge is 0.493 e. The Morgan fingerprint density at radius 2 is 1.67 bits per heavy atom. The highest BCUT2D eigenvalue weighted by Crippen LogP contribution is 2.28. The molecule has 1 aliphatic heterocycles. The van der Waals surface area contributed by atoms with Gasteiger partial charge in [0.05, 0.1) is 13.7 Å². The fourth-order valence-corrected chi connectivity index (χ4v) is 3.24. The first-order valence-corrected chi connectivity index (χ1v) is 9.84. The highest BCUT2D eigenvalue weighted by atomic mass is 19.1. The number of hydrogen-bond acceptors (Lipinski definition) is 4. The predicted octanol–water partition coefficient (Wildman–Crippen LogP) is 3.23. The molecule has 2 amide bonds. The highest BCUT2D eigenvalue weighted by Gasteiger charge is 2.23. The first kappa shape index (κ1) is 21.4. The average molecular weight is 412 g/mol. The van der Waals surface area contributed by atoms with Crippen molar-refractivity contribution in [2.24, 2.45) is 0 Å². The number of ether oxygens (including phenoxy) is 2. The molecule has 0 spiro atoms. The number of nitrogens with zero attached hydrogens (tertiary/aromatic N) is 2. The fourth-order valence-electron chi connectivity index (χ4n) is 3.24. The molecule has 0 aliphatic carbocycles. The van der Waals surface area contributed by atoms with Gasteiger partial charge >= 0.3 is 0 Å². The van der Waals surface area contributed by atoms with Gasteiger partial charge in [0.1, 0.15) is 5.82 Å². The van der Waals surface area contributed by atoms with Crippen LogP contribution in [0, 0.1) is 5.82 Å². The molecule has 6 nitrogen and oxygen atoms in total. The minimum atomic E-state index is -0.376. The van der Waals surface area contributed by atoms with Crippen LogP contribution in [0.3, 0.4) is 0 Å². The van der Waals surface area contributed by atoms with E-state index in [1.54, 1.807) is 23.0 Å². The van der Waals surface area contributed by atoms with Crippen molar-refractivity contribution in [1.29, 1.82) is 0 Å². The molecule has 0 atom stereocenters. The van der Waals surface area contributed by atoms with Crippen LogP contribution in [-0.2, 0) is 4.79 Å². The number of carbonyl (C=O) groups excluding carboxylic acids is 2. The second-order valence-electron chi connectivity index (χ2n) is 6.80. The van der Waals surface area contributed by atoms with Gasteiger partial charge in [0.15, 0.2) is 11.5 Å². The molecule has 30 heavy (non-hydrogen) atoms. The number of hydrogen-bond donors (Lipinski definition) is 0. The van der Waals surface area contributed by atoms with Gasteiger partial charge in [0.2, 0.25) is 5.91 Å². The van der Waals surface area contributed by atoms with Gasteiger partial charge in [-0.05, 0) is 55.0 Å². The van der Waals surface area contributed by atoms with E-state index in [1.807, 2.05) is 25.1 Å². The Balaban J connectivity index is 1.56. The Morgan fingerprint density at radius 1 is 1.00 bits per heavy atom. The molecule has 0 saturated carbocycles. The lowest BCUT2D eigenvalue weighted by Crippen LogP contribution is -2.50. The van der Waals surface area contributed by atoms with E-state index in [4.69, 9.17) is 9.47 Å². The fraction of sp³-hybridized carbons (Fsp3) is 0.304. The van der Waals surface area contributed by atoms with Crippen LogP contribution in [0.2, 0.25) is 0 Å². The van der Waals surface area contributed by atoms with E-state index in [1.165, 1.54) is 30.3 Å². The van der Waals surface area contributed by atoms with Crippen molar-refractivity contribution in [2.75, 3.05) is 39.9 Å². The van der Waals surface area contributed by atoms with E-state index in [9.17, 15) is 14.0 Å². The normalized spacial score (nSPS) is 14.1. The Morgan fingerprint density at radius 3 is 2.30 bits per heavy atom. The van der Waals surface area contributed by atoms with Crippen LogP contribution in [0.4, 0.5) is 4.39 Å². The third kappa shape index (κ3) is 5.17. The molecule has 1 heterocycles. The number of amides is 2. The van der Waals surface area contributed by atoms with Gasteiger partial charge in [0.25, 0.3) is 5.91 Å². The molecular formula is C23H25FN2O4. The standard InChI is InChI=1S/C23H25FN2O4/c1-3-30-20-10-4-17(16-21(20)29-2)5-11-22(27)25-12-14-26(15-13-25)23(28)18-6-8-19(24)9-7-18/h4-11,16H,3,12-15H2,1-2H3/b11-5+. The Bertz CT molecular complexity index is 919. The van der Waals surface area contributed by atoms with Gasteiger partial charge in [-0.3, -0.25) is 9.59 Å². The van der Waals surface area contributed by atoms with E-state index in [0.717, 1.165) is 5.56 Å². The lowest BCUT2D eigenvalue weighted by atomic mass is 10.1. The number of benzene rings is 2. The molecule has 0 radical (unpaired) electrons. The quantitative estimate of drug-likeness (QED) is 0.684. The maximum absolute atomic E-state index is 13.0. The minimum absolute atomic E-state index is 0.114. The SMILES string of the molecule is CCOc1ccc(/C=C/C(=O)N2CCN(C(=O)c3ccc(F)cc3)CC2)cc1OC. The van der Waals surface area contributed by atoms with Crippen LogP contribution in [0.15, 0.2) is 48.5 Å². The molecule has 158 valence electrons. The second-order valence-corrected chi connectivity index (χ2v) is 6.80. The van der Waals surface area contributed by atoms with E-state index in [2.05, 4.69) is 0 Å². The molecule has 0 bridgehead atoms. The molecule has 0 N–H and O–H groups in total. The molecule has 7 heteroatoms. The maximum Gasteiger partial charge on any atom is 0.253 e. The predicted molar refractivity (Wildman–Crippen MR) is 112 cm³/mol. The van der Waals surface area contributed by atoms with Gasteiger partial charge in [-0.1, -0.05) is 6.07 Å². The lowest BCUT2D eigenvalue weighted by molar-refractivity contribution is -0.127. The summed E-state index contributed by atoms with van der Waals surface area (Å²) in [5, 5.41) is 0. The van der Waals surface area contributed by atoms with Crippen LogP contribution in [0.25, 0.3) is 6.08 Å². The third-order valence-corrected chi connectivity index (χ3v) is 4.88. The van der Waals surface area contributed by atoms with E-state index in [-0.39, 0.29) is 17.6 Å². The number of rotatable bonds is 6. The monoisotopic (exact) mass is 412 g/mol. The number of piperazine rings is 1. The number of halogens is 1. The molecule has 1 saturated heterocycles. The summed E-state index contributed by atoms with van der Waals surface area (Å²) in [6.45, 7) is 4.21. The van der Waals surface area contributed by atoms with Crippen molar-refractivity contribution < 1.29 is 23.5 Å². The zero-order valence-electron chi connectivity index (χ0n) is 17.1. The highest BCUT2D eigenvalue weighted by molar-refractivity contribution is 5.95. The Hall–Kier alpha value is -3.35. The summed E-state index contributed by atoms with van der Waals surface area (Å²) in [5.41, 5.74) is 1.27. The summed E-state index contributed by atoms with van der Waals surface area (Å²) in [5.74, 6) is 0.625. The summed E-state index contributed by atoms with van der Waals surface area (Å²) >= 11 is 0. The van der Waals surface area contributed by atoms with E-state index in [0.29, 0.717) is 49.8 Å². The van der Waals surface area contributed by atoms with Crippen molar-refractivity contribution in [1.82, 2.24) is 9.80 Å². The summed E-state index contributed by atoms with van der Waals surface area (Å²) in [6.07, 6.45) is 3.25. The maximum atomic E-state index is 13.0. The van der Waals surface area contributed by atoms with Crippen molar-refractivity contribution in [3.8, 4) is 11.5 Å². The molecule has 0 unspecified atom stereocenters. The van der Waals surface area contributed by atoms with Gasteiger partial charge in [0, 0.05) is 37.8 Å². The van der Waals surface area contributed by atoms with Gasteiger partial charge in [-0.25, -0.2) is 4.39 Å². The van der Waals surface area contributed by atoms with E-state index < -0.39 is 0 Å². The molecule has 1 aliphatic rings. The van der Waals surface area contributed by atoms with Crippen LogP contribution in [-0.4, -0.2) is 61.5 Å². The molecular weight excluding hydrogens is 387 g/mol. The molecule has 2 aromatic carbocycles. The minimum Gasteiger partial charge on any atom is -0.493 e. The topological polar surface area (TPSA) is 59.1 Å². The van der Waals surface area contributed by atoms with Gasteiger partial charge < -0.3 is 19.3 Å². The van der Waals surface area contributed by atoms with Crippen molar-refractivity contribution >= 4 is 17.9 Å². The van der Waals surface area contributed by atoms with Crippen molar-refractivity contribution in [3.05, 3.63) is 65.5 Å². The third-order valence-electron chi connectivity index (χ3n) is 4.88. The van der Waals surface area contributed by atoms with Crippen molar-refractivity contribution in [3.63, 3.8) is 0 Å². The lowest BCUT2D eigenvalue weighted by Gasteiger charge is -2.34. The molecule has 2 aromatic rings. The first-order chi connectivity index (χ1) is 14.5. The first-order valence-electron chi connectivity index (χ1n) is 9.84. The molecule has 0 aromatic heterocycles. The zero-order chi connectivity index (χ0) is 21.5. The molecule has 1 fully saturated rings. The second kappa shape index (κ2) is 9.91. The van der Waals surface area contributed by atoms with Crippen LogP contribution in [0.5, 0.6) is 11.5 Å². The van der Waals surface area contributed by atoms with Crippen LogP contribution in [0.1, 0.15) is 22.8 Å². The summed E-state index contributed by atoms with van der Waals surface area (Å²) in [7, 11) is 1.57. The van der Waals surface area contributed by atoms with Crippen LogP contribution < -0.4 is 9.47 Å². The van der Waals surface area contributed by atoms with Gasteiger partial charge in [-0.2, -0.15) is 0 Å². The van der Waals surface area contributed by atoms with E-state index >= 15 is 0 Å². The number of carbonyl (C=O) groups is 2. The Kier molecular flexibility index (Phi) is 7.06. The summed E-state index contributed by atoms with van der Waals surface area (Å²) in [4.78, 5) is 28.4. The average Bonchev–Trinajstić information content (AvgIpc) is 2.78. The smallest absolute Gasteiger partial charge is 0.253 e. The summed E-state index contributed by atoms with van der Waals surface area (Å²) in [6, 6.07) is 11.0. The van der Waals surface area contributed by atoms with Gasteiger partial charge in [-0.15, -0.1) is 0 Å².